The van der Waals surface area contributed by atoms with Crippen LogP contribution < -0.4 is 10.5 Å². The maximum Gasteiger partial charge on any atom is 0.435 e. The van der Waals surface area contributed by atoms with Crippen LogP contribution in [-0.2, 0) is 12.7 Å². The first kappa shape index (κ1) is 24.9. The number of rotatable bonds is 4. The van der Waals surface area contributed by atoms with Gasteiger partial charge in [0, 0.05) is 31.4 Å². The van der Waals surface area contributed by atoms with Gasteiger partial charge in [-0.2, -0.15) is 13.2 Å². The van der Waals surface area contributed by atoms with Crippen molar-refractivity contribution >= 4 is 16.7 Å². The predicted octanol–water partition coefficient (Wildman–Crippen LogP) is 5.39. The lowest BCUT2D eigenvalue weighted by Crippen LogP contribution is -2.37. The van der Waals surface area contributed by atoms with Gasteiger partial charge in [-0.1, -0.05) is 18.2 Å². The summed E-state index contributed by atoms with van der Waals surface area (Å²) >= 11 is 0. The second kappa shape index (κ2) is 9.57. The molecule has 1 fully saturated rings. The van der Waals surface area contributed by atoms with E-state index in [0.29, 0.717) is 48.3 Å². The average molecular weight is 512 g/mol. The number of para-hydroxylation sites is 1. The summed E-state index contributed by atoms with van der Waals surface area (Å²) in [6.45, 7) is 4.37. The maximum atomic E-state index is 14.5. The highest BCUT2D eigenvalue weighted by molar-refractivity contribution is 5.76. The molecule has 4 aromatic rings. The lowest BCUT2D eigenvalue weighted by molar-refractivity contribution is -0.142. The Hall–Kier alpha value is -3.82. The number of aromatic nitrogens is 4. The van der Waals surface area contributed by atoms with Gasteiger partial charge in [-0.05, 0) is 56.0 Å². The van der Waals surface area contributed by atoms with E-state index >= 15 is 0 Å². The summed E-state index contributed by atoms with van der Waals surface area (Å²) in [5.74, 6) is -0.499. The molecule has 2 aromatic heterocycles. The Morgan fingerprint density at radius 2 is 1.76 bits per heavy atom. The molecule has 0 bridgehead atoms. The van der Waals surface area contributed by atoms with Gasteiger partial charge in [0.15, 0.2) is 5.69 Å². The van der Waals surface area contributed by atoms with E-state index in [1.807, 2.05) is 30.9 Å². The van der Waals surface area contributed by atoms with Gasteiger partial charge >= 0.3 is 6.18 Å². The number of alkyl halides is 3. The van der Waals surface area contributed by atoms with Crippen LogP contribution in [0.2, 0.25) is 0 Å². The number of nitrogens with zero attached hydrogens (tertiary/aromatic N) is 5. The lowest BCUT2D eigenvalue weighted by Gasteiger charge is -2.34. The van der Waals surface area contributed by atoms with Crippen LogP contribution in [0.4, 0.5) is 23.2 Å². The van der Waals surface area contributed by atoms with Crippen LogP contribution in [0.5, 0.6) is 0 Å². The van der Waals surface area contributed by atoms with E-state index < -0.39 is 17.4 Å². The Balaban J connectivity index is 1.53. The summed E-state index contributed by atoms with van der Waals surface area (Å²) in [4.78, 5) is 27.7. The zero-order chi connectivity index (χ0) is 26.3. The van der Waals surface area contributed by atoms with Crippen molar-refractivity contribution < 1.29 is 17.6 Å². The molecule has 37 heavy (non-hydrogen) atoms. The Morgan fingerprint density at radius 3 is 2.46 bits per heavy atom. The standard InChI is InChI=1S/C27H25F4N5O/c1-16-6-7-20-22(14-16)36(15-21-25(27(29,30)31)33-11-10-32-21)26(37)23(34-20)18-8-12-35(13-9-18)24-17(2)4-3-5-19(24)28/h3-7,10-11,14,18H,8-9,12-13,15H2,1-2H3. The molecule has 0 spiro atoms. The van der Waals surface area contributed by atoms with Gasteiger partial charge in [-0.15, -0.1) is 0 Å². The molecular weight excluding hydrogens is 486 g/mol. The number of hydrogen-bond acceptors (Lipinski definition) is 5. The highest BCUT2D eigenvalue weighted by Crippen LogP contribution is 2.33. The van der Waals surface area contributed by atoms with Crippen LogP contribution in [-0.4, -0.2) is 32.6 Å². The Labute approximate surface area is 210 Å². The second-order valence-electron chi connectivity index (χ2n) is 9.40. The molecule has 0 N–H and O–H groups in total. The summed E-state index contributed by atoms with van der Waals surface area (Å²) in [6, 6.07) is 10.3. The van der Waals surface area contributed by atoms with Gasteiger partial charge < -0.3 is 4.90 Å². The first-order chi connectivity index (χ1) is 17.6. The minimum atomic E-state index is -4.70. The van der Waals surface area contributed by atoms with E-state index in [-0.39, 0.29) is 24.0 Å². The van der Waals surface area contributed by atoms with E-state index in [1.54, 1.807) is 18.2 Å². The highest BCUT2D eigenvalue weighted by Gasteiger charge is 2.36. The molecule has 5 rings (SSSR count). The molecule has 0 amide bonds. The number of halogens is 4. The van der Waals surface area contributed by atoms with Crippen molar-refractivity contribution in [3.63, 3.8) is 0 Å². The molecule has 10 heteroatoms. The van der Waals surface area contributed by atoms with Crippen LogP contribution in [0.1, 0.15) is 47.0 Å². The minimum Gasteiger partial charge on any atom is -0.369 e. The summed E-state index contributed by atoms with van der Waals surface area (Å²) in [5, 5.41) is 0. The van der Waals surface area contributed by atoms with E-state index in [9.17, 15) is 22.4 Å². The molecule has 0 aliphatic carbocycles. The maximum absolute atomic E-state index is 14.5. The fraction of sp³-hybridized carbons (Fsp3) is 0.333. The molecule has 6 nitrogen and oxygen atoms in total. The Kier molecular flexibility index (Phi) is 6.43. The number of benzene rings is 2. The van der Waals surface area contributed by atoms with Gasteiger partial charge in [0.05, 0.1) is 29.0 Å². The van der Waals surface area contributed by atoms with Crippen molar-refractivity contribution in [3.05, 3.63) is 93.2 Å². The first-order valence-electron chi connectivity index (χ1n) is 12.0. The smallest absolute Gasteiger partial charge is 0.369 e. The van der Waals surface area contributed by atoms with Crippen LogP contribution >= 0.6 is 0 Å². The van der Waals surface area contributed by atoms with Crippen LogP contribution in [0.15, 0.2) is 53.6 Å². The molecule has 3 heterocycles. The number of anilines is 1. The second-order valence-corrected chi connectivity index (χ2v) is 9.40. The molecule has 1 aliphatic heterocycles. The van der Waals surface area contributed by atoms with Crippen molar-refractivity contribution in [2.45, 2.75) is 45.3 Å². The number of piperidine rings is 1. The quantitative estimate of drug-likeness (QED) is 0.344. The molecule has 0 atom stereocenters. The topological polar surface area (TPSA) is 63.9 Å². The van der Waals surface area contributed by atoms with Crippen LogP contribution in [0.3, 0.4) is 0 Å². The summed E-state index contributed by atoms with van der Waals surface area (Å²) < 4.78 is 56.6. The van der Waals surface area contributed by atoms with Crippen molar-refractivity contribution in [3.8, 4) is 0 Å². The largest absolute Gasteiger partial charge is 0.435 e. The molecule has 1 aliphatic rings. The van der Waals surface area contributed by atoms with Crippen molar-refractivity contribution in [1.82, 2.24) is 19.5 Å². The fourth-order valence-electron chi connectivity index (χ4n) is 5.06. The third-order valence-corrected chi connectivity index (χ3v) is 6.86. The van der Waals surface area contributed by atoms with E-state index in [1.165, 1.54) is 16.8 Å². The normalized spacial score (nSPS) is 14.9. The summed E-state index contributed by atoms with van der Waals surface area (Å²) in [5.41, 5.74) is 1.61. The molecular formula is C27H25F4N5O. The molecule has 0 saturated carbocycles. The Morgan fingerprint density at radius 1 is 1.03 bits per heavy atom. The van der Waals surface area contributed by atoms with Crippen LogP contribution in [0, 0.1) is 19.7 Å². The monoisotopic (exact) mass is 511 g/mol. The summed E-state index contributed by atoms with van der Waals surface area (Å²) in [6.07, 6.45) is -1.41. The highest BCUT2D eigenvalue weighted by atomic mass is 19.4. The van der Waals surface area contributed by atoms with Gasteiger partial charge in [0.1, 0.15) is 11.5 Å². The molecule has 0 unspecified atom stereocenters. The molecule has 192 valence electrons. The number of hydrogen-bond donors (Lipinski definition) is 0. The molecule has 0 radical (unpaired) electrons. The number of fused-ring (bicyclic) bond motifs is 1. The van der Waals surface area contributed by atoms with Crippen molar-refractivity contribution in [1.29, 1.82) is 0 Å². The zero-order valence-corrected chi connectivity index (χ0v) is 20.4. The van der Waals surface area contributed by atoms with E-state index in [2.05, 4.69) is 15.0 Å². The third kappa shape index (κ3) is 4.80. The Bertz CT molecular complexity index is 1500. The lowest BCUT2D eigenvalue weighted by atomic mass is 9.92. The number of aryl methyl sites for hydroxylation is 2. The van der Waals surface area contributed by atoms with E-state index in [4.69, 9.17) is 0 Å². The van der Waals surface area contributed by atoms with Gasteiger partial charge in [0.2, 0.25) is 0 Å². The summed E-state index contributed by atoms with van der Waals surface area (Å²) in [7, 11) is 0. The SMILES string of the molecule is Cc1ccc2nc(C3CCN(c4c(C)cccc4F)CC3)c(=O)n(Cc3nccnc3C(F)(F)F)c2c1. The van der Waals surface area contributed by atoms with Crippen molar-refractivity contribution in [2.24, 2.45) is 0 Å². The van der Waals surface area contributed by atoms with Gasteiger partial charge in [0.25, 0.3) is 5.56 Å². The van der Waals surface area contributed by atoms with E-state index in [0.717, 1.165) is 17.3 Å². The zero-order valence-electron chi connectivity index (χ0n) is 20.4. The van der Waals surface area contributed by atoms with Gasteiger partial charge in [-0.25, -0.2) is 14.4 Å². The van der Waals surface area contributed by atoms with Crippen molar-refractivity contribution in [2.75, 3.05) is 18.0 Å². The third-order valence-electron chi connectivity index (χ3n) is 6.86. The predicted molar refractivity (Wildman–Crippen MR) is 132 cm³/mol. The molecule has 1 saturated heterocycles. The van der Waals surface area contributed by atoms with Gasteiger partial charge in [-0.3, -0.25) is 14.3 Å². The average Bonchev–Trinajstić information content (AvgIpc) is 2.86. The fourth-order valence-corrected chi connectivity index (χ4v) is 5.06. The van der Waals surface area contributed by atoms with Crippen LogP contribution in [0.25, 0.3) is 11.0 Å². The first-order valence-corrected chi connectivity index (χ1v) is 12.0. The molecule has 2 aromatic carbocycles. The minimum absolute atomic E-state index is 0.211.